The lowest BCUT2D eigenvalue weighted by Gasteiger charge is -2.11. The van der Waals surface area contributed by atoms with Gasteiger partial charge in [-0.2, -0.15) is 23.5 Å². The average Bonchev–Trinajstić information content (AvgIpc) is 2.84. The summed E-state index contributed by atoms with van der Waals surface area (Å²) in [7, 11) is 1.55. The highest BCUT2D eigenvalue weighted by atomic mass is 19.4. The maximum Gasteiger partial charge on any atom is 0.416 e. The van der Waals surface area contributed by atoms with Crippen molar-refractivity contribution in [1.82, 2.24) is 9.78 Å². The van der Waals surface area contributed by atoms with Crippen molar-refractivity contribution in [3.63, 3.8) is 0 Å². The van der Waals surface area contributed by atoms with Crippen molar-refractivity contribution in [2.24, 2.45) is 7.05 Å². The molecule has 1 aromatic carbocycles. The van der Waals surface area contributed by atoms with Gasteiger partial charge in [0.2, 0.25) is 0 Å². The van der Waals surface area contributed by atoms with Gasteiger partial charge >= 0.3 is 6.18 Å². The molecule has 1 aromatic heterocycles. The van der Waals surface area contributed by atoms with E-state index < -0.39 is 17.6 Å². The SMILES string of the molecule is Cn1nccc1C(=O)Nc1ccc(C(F)(F)F)cc1C#N. The number of anilines is 1. The Labute approximate surface area is 117 Å². The second-order valence-corrected chi connectivity index (χ2v) is 4.16. The smallest absolute Gasteiger partial charge is 0.319 e. The second kappa shape index (κ2) is 5.28. The van der Waals surface area contributed by atoms with Crippen LogP contribution < -0.4 is 5.32 Å². The van der Waals surface area contributed by atoms with Gasteiger partial charge in [0.25, 0.3) is 5.91 Å². The Morgan fingerprint density at radius 3 is 2.62 bits per heavy atom. The van der Waals surface area contributed by atoms with Crippen molar-refractivity contribution in [3.8, 4) is 6.07 Å². The topological polar surface area (TPSA) is 70.7 Å². The van der Waals surface area contributed by atoms with Crippen LogP contribution in [0.1, 0.15) is 21.6 Å². The lowest BCUT2D eigenvalue weighted by atomic mass is 10.1. The van der Waals surface area contributed by atoms with E-state index in [1.807, 2.05) is 0 Å². The summed E-state index contributed by atoms with van der Waals surface area (Å²) in [4.78, 5) is 11.9. The molecular weight excluding hydrogens is 285 g/mol. The fourth-order valence-corrected chi connectivity index (χ4v) is 1.71. The predicted octanol–water partition coefficient (Wildman–Crippen LogP) is 2.56. The number of alkyl halides is 3. The van der Waals surface area contributed by atoms with Crippen LogP contribution in [0.4, 0.5) is 18.9 Å². The van der Waals surface area contributed by atoms with Gasteiger partial charge in [0, 0.05) is 13.2 Å². The van der Waals surface area contributed by atoms with Crippen molar-refractivity contribution in [3.05, 3.63) is 47.3 Å². The number of carbonyl (C=O) groups is 1. The number of nitrogens with one attached hydrogen (secondary N) is 1. The lowest BCUT2D eigenvalue weighted by molar-refractivity contribution is -0.137. The van der Waals surface area contributed by atoms with Gasteiger partial charge in [0.15, 0.2) is 0 Å². The molecule has 1 N–H and O–H groups in total. The Morgan fingerprint density at radius 1 is 1.38 bits per heavy atom. The highest BCUT2D eigenvalue weighted by molar-refractivity contribution is 6.03. The molecule has 0 aliphatic rings. The van der Waals surface area contributed by atoms with E-state index in [4.69, 9.17) is 5.26 Å². The molecule has 1 heterocycles. The molecule has 0 atom stereocenters. The van der Waals surface area contributed by atoms with Crippen LogP contribution in [0, 0.1) is 11.3 Å². The molecule has 0 aliphatic carbocycles. The quantitative estimate of drug-likeness (QED) is 0.925. The van der Waals surface area contributed by atoms with Crippen LogP contribution in [-0.4, -0.2) is 15.7 Å². The Bertz CT molecular complexity index is 728. The van der Waals surface area contributed by atoms with Crippen molar-refractivity contribution in [1.29, 1.82) is 5.26 Å². The van der Waals surface area contributed by atoms with Gasteiger partial charge in [-0.15, -0.1) is 0 Å². The third-order valence-electron chi connectivity index (χ3n) is 2.77. The van der Waals surface area contributed by atoms with Gasteiger partial charge in [-0.25, -0.2) is 0 Å². The number of nitriles is 1. The van der Waals surface area contributed by atoms with E-state index >= 15 is 0 Å². The van der Waals surface area contributed by atoms with Crippen LogP contribution in [0.15, 0.2) is 30.5 Å². The molecule has 108 valence electrons. The van der Waals surface area contributed by atoms with Crippen LogP contribution in [0.5, 0.6) is 0 Å². The summed E-state index contributed by atoms with van der Waals surface area (Å²) in [5.74, 6) is -0.564. The molecule has 1 amide bonds. The molecule has 2 rings (SSSR count). The number of amides is 1. The molecule has 0 saturated heterocycles. The minimum absolute atomic E-state index is 0.0108. The summed E-state index contributed by atoms with van der Waals surface area (Å²) in [6, 6.07) is 5.64. The predicted molar refractivity (Wildman–Crippen MR) is 67.3 cm³/mol. The third kappa shape index (κ3) is 3.02. The van der Waals surface area contributed by atoms with Gasteiger partial charge in [-0.05, 0) is 24.3 Å². The largest absolute Gasteiger partial charge is 0.416 e. The van der Waals surface area contributed by atoms with Crippen LogP contribution in [0.2, 0.25) is 0 Å². The van der Waals surface area contributed by atoms with Gasteiger partial charge in [-0.1, -0.05) is 0 Å². The molecule has 0 radical (unpaired) electrons. The van der Waals surface area contributed by atoms with Crippen LogP contribution in [0.25, 0.3) is 0 Å². The number of rotatable bonds is 2. The first kappa shape index (κ1) is 14.6. The minimum atomic E-state index is -4.55. The van der Waals surface area contributed by atoms with Crippen molar-refractivity contribution >= 4 is 11.6 Å². The molecule has 5 nitrogen and oxygen atoms in total. The monoisotopic (exact) mass is 294 g/mol. The fraction of sp³-hybridized carbons (Fsp3) is 0.154. The third-order valence-corrected chi connectivity index (χ3v) is 2.77. The zero-order chi connectivity index (χ0) is 15.6. The lowest BCUT2D eigenvalue weighted by Crippen LogP contribution is -2.17. The Balaban J connectivity index is 2.31. The van der Waals surface area contributed by atoms with Crippen LogP contribution in [0.3, 0.4) is 0 Å². The van der Waals surface area contributed by atoms with E-state index in [0.717, 1.165) is 12.1 Å². The first-order valence-electron chi connectivity index (χ1n) is 5.73. The number of hydrogen-bond donors (Lipinski definition) is 1. The average molecular weight is 294 g/mol. The van der Waals surface area contributed by atoms with Crippen molar-refractivity contribution in [2.45, 2.75) is 6.18 Å². The van der Waals surface area contributed by atoms with Crippen LogP contribution >= 0.6 is 0 Å². The van der Waals surface area contributed by atoms with E-state index in [0.29, 0.717) is 6.07 Å². The van der Waals surface area contributed by atoms with Crippen LogP contribution in [-0.2, 0) is 13.2 Å². The number of aryl methyl sites for hydroxylation is 1. The summed E-state index contributed by atoms with van der Waals surface area (Å²) in [6.45, 7) is 0. The number of halogens is 3. The zero-order valence-corrected chi connectivity index (χ0v) is 10.8. The molecule has 8 heteroatoms. The molecule has 2 aromatic rings. The van der Waals surface area contributed by atoms with E-state index in [1.165, 1.54) is 16.9 Å². The Morgan fingerprint density at radius 2 is 2.10 bits per heavy atom. The fourth-order valence-electron chi connectivity index (χ4n) is 1.71. The highest BCUT2D eigenvalue weighted by Gasteiger charge is 2.31. The van der Waals surface area contributed by atoms with Gasteiger partial charge < -0.3 is 5.32 Å². The molecule has 21 heavy (non-hydrogen) atoms. The number of aromatic nitrogens is 2. The molecular formula is C13H9F3N4O. The first-order valence-corrected chi connectivity index (χ1v) is 5.73. The summed E-state index contributed by atoms with van der Waals surface area (Å²) >= 11 is 0. The number of nitrogens with zero attached hydrogens (tertiary/aromatic N) is 3. The summed E-state index contributed by atoms with van der Waals surface area (Å²) in [5, 5.41) is 15.1. The molecule has 0 bridgehead atoms. The van der Waals surface area contributed by atoms with Gasteiger partial charge in [-0.3, -0.25) is 9.48 Å². The summed E-state index contributed by atoms with van der Waals surface area (Å²) in [6.07, 6.45) is -3.14. The van der Waals surface area contributed by atoms with Gasteiger partial charge in [0.1, 0.15) is 11.8 Å². The number of carbonyl (C=O) groups excluding carboxylic acids is 1. The Hall–Kier alpha value is -2.82. The zero-order valence-electron chi connectivity index (χ0n) is 10.8. The van der Waals surface area contributed by atoms with Gasteiger partial charge in [0.05, 0.1) is 16.8 Å². The summed E-state index contributed by atoms with van der Waals surface area (Å²) < 4.78 is 39.0. The van der Waals surface area contributed by atoms with Crippen molar-refractivity contribution < 1.29 is 18.0 Å². The Kier molecular flexibility index (Phi) is 3.67. The maximum absolute atomic E-state index is 12.6. The molecule has 0 aliphatic heterocycles. The van der Waals surface area contributed by atoms with E-state index in [-0.39, 0.29) is 16.9 Å². The second-order valence-electron chi connectivity index (χ2n) is 4.16. The standard InChI is InChI=1S/C13H9F3N4O/c1-20-11(4-5-18-20)12(21)19-10-3-2-9(13(14,15)16)6-8(10)7-17/h2-6H,1H3,(H,19,21). The first-order chi connectivity index (χ1) is 9.82. The molecule has 0 saturated carbocycles. The minimum Gasteiger partial charge on any atom is -0.319 e. The normalized spacial score (nSPS) is 11.0. The number of benzene rings is 1. The molecule has 0 fully saturated rings. The maximum atomic E-state index is 12.6. The van der Waals surface area contributed by atoms with E-state index in [1.54, 1.807) is 13.1 Å². The molecule has 0 unspecified atom stereocenters. The van der Waals surface area contributed by atoms with E-state index in [9.17, 15) is 18.0 Å². The van der Waals surface area contributed by atoms with Crippen molar-refractivity contribution in [2.75, 3.05) is 5.32 Å². The van der Waals surface area contributed by atoms with E-state index in [2.05, 4.69) is 10.4 Å². The summed E-state index contributed by atoms with van der Waals surface area (Å²) in [5.41, 5.74) is -0.978. The number of hydrogen-bond acceptors (Lipinski definition) is 3. The highest BCUT2D eigenvalue weighted by Crippen LogP contribution is 2.31. The molecule has 0 spiro atoms.